The summed E-state index contributed by atoms with van der Waals surface area (Å²) in [5, 5.41) is 12.5. The first-order valence-corrected chi connectivity index (χ1v) is 10.2. The van der Waals surface area contributed by atoms with Gasteiger partial charge >= 0.3 is 0 Å². The lowest BCUT2D eigenvalue weighted by Crippen LogP contribution is -2.14. The Morgan fingerprint density at radius 3 is 2.54 bits per heavy atom. The van der Waals surface area contributed by atoms with Crippen LogP contribution in [0.3, 0.4) is 0 Å². The number of carbonyl (C=O) groups excluding carboxylic acids is 1. The molecule has 3 rings (SSSR count). The summed E-state index contributed by atoms with van der Waals surface area (Å²) in [5.41, 5.74) is 2.03. The van der Waals surface area contributed by atoms with E-state index in [1.165, 1.54) is 17.3 Å². The van der Waals surface area contributed by atoms with Crippen molar-refractivity contribution in [2.75, 3.05) is 11.1 Å². The van der Waals surface area contributed by atoms with Gasteiger partial charge in [0.2, 0.25) is 5.91 Å². The second kappa shape index (κ2) is 9.61. The average Bonchev–Trinajstić information content (AvgIpc) is 3.06. The quantitative estimate of drug-likeness (QED) is 0.553. The SMILES string of the molecule is CCc1ccc(NC(=O)CSc2nnc(COc3ccc(Cl)cc3)n2C)cc1. The van der Waals surface area contributed by atoms with Crippen LogP contribution in [0.1, 0.15) is 18.3 Å². The van der Waals surface area contributed by atoms with Gasteiger partial charge in [-0.1, -0.05) is 42.4 Å². The fraction of sp³-hybridized carbons (Fsp3) is 0.250. The van der Waals surface area contributed by atoms with Crippen molar-refractivity contribution in [1.29, 1.82) is 0 Å². The Morgan fingerprint density at radius 2 is 1.86 bits per heavy atom. The molecule has 0 spiro atoms. The molecule has 1 heterocycles. The first-order chi connectivity index (χ1) is 13.5. The molecule has 0 saturated carbocycles. The highest BCUT2D eigenvalue weighted by molar-refractivity contribution is 7.99. The Balaban J connectivity index is 1.50. The van der Waals surface area contributed by atoms with Crippen molar-refractivity contribution in [3.63, 3.8) is 0 Å². The number of aryl methyl sites for hydroxylation is 1. The molecule has 0 bridgehead atoms. The summed E-state index contributed by atoms with van der Waals surface area (Å²) >= 11 is 7.20. The second-order valence-electron chi connectivity index (χ2n) is 6.09. The smallest absolute Gasteiger partial charge is 0.234 e. The van der Waals surface area contributed by atoms with Crippen LogP contribution in [0.2, 0.25) is 5.02 Å². The second-order valence-corrected chi connectivity index (χ2v) is 7.47. The van der Waals surface area contributed by atoms with E-state index in [1.54, 1.807) is 24.3 Å². The van der Waals surface area contributed by atoms with Crippen molar-refractivity contribution in [3.05, 3.63) is 64.9 Å². The molecule has 1 amide bonds. The molecular weight excluding hydrogens is 396 g/mol. The normalized spacial score (nSPS) is 10.7. The third-order valence-corrected chi connectivity index (χ3v) is 5.36. The van der Waals surface area contributed by atoms with Crippen LogP contribution in [0.5, 0.6) is 5.75 Å². The summed E-state index contributed by atoms with van der Waals surface area (Å²) in [6.07, 6.45) is 0.973. The molecule has 2 aromatic carbocycles. The zero-order chi connectivity index (χ0) is 19.9. The molecule has 0 fully saturated rings. The standard InChI is InChI=1S/C20H21ClN4O2S/c1-3-14-4-8-16(9-5-14)22-19(26)13-28-20-24-23-18(25(20)2)12-27-17-10-6-15(21)7-11-17/h4-11H,3,12-13H2,1-2H3,(H,22,26). The monoisotopic (exact) mass is 416 g/mol. The topological polar surface area (TPSA) is 69.0 Å². The molecule has 0 unspecified atom stereocenters. The minimum absolute atomic E-state index is 0.0868. The van der Waals surface area contributed by atoms with Gasteiger partial charge in [-0.15, -0.1) is 10.2 Å². The Kier molecular flexibility index (Phi) is 6.95. The molecule has 28 heavy (non-hydrogen) atoms. The van der Waals surface area contributed by atoms with Crippen LogP contribution >= 0.6 is 23.4 Å². The minimum Gasteiger partial charge on any atom is -0.486 e. The number of hydrogen-bond donors (Lipinski definition) is 1. The van der Waals surface area contributed by atoms with Crippen LogP contribution in [0.4, 0.5) is 5.69 Å². The molecule has 0 radical (unpaired) electrons. The molecule has 0 atom stereocenters. The summed E-state index contributed by atoms with van der Waals surface area (Å²) < 4.78 is 7.52. The van der Waals surface area contributed by atoms with Gasteiger partial charge < -0.3 is 14.6 Å². The fourth-order valence-electron chi connectivity index (χ4n) is 2.43. The van der Waals surface area contributed by atoms with Gasteiger partial charge in [-0.05, 0) is 48.4 Å². The van der Waals surface area contributed by atoms with Gasteiger partial charge in [-0.25, -0.2) is 0 Å². The number of amides is 1. The molecule has 1 N–H and O–H groups in total. The van der Waals surface area contributed by atoms with Gasteiger partial charge in [0.15, 0.2) is 11.0 Å². The molecule has 0 aliphatic heterocycles. The van der Waals surface area contributed by atoms with Crippen molar-refractivity contribution in [2.45, 2.75) is 25.1 Å². The highest BCUT2D eigenvalue weighted by atomic mass is 35.5. The van der Waals surface area contributed by atoms with E-state index in [2.05, 4.69) is 22.4 Å². The number of carbonyl (C=O) groups is 1. The zero-order valence-corrected chi connectivity index (χ0v) is 17.3. The number of anilines is 1. The molecule has 1 aromatic heterocycles. The molecule has 8 heteroatoms. The van der Waals surface area contributed by atoms with Crippen molar-refractivity contribution in [3.8, 4) is 5.75 Å². The van der Waals surface area contributed by atoms with Crippen LogP contribution < -0.4 is 10.1 Å². The first-order valence-electron chi connectivity index (χ1n) is 8.83. The number of benzene rings is 2. The summed E-state index contributed by atoms with van der Waals surface area (Å²) in [4.78, 5) is 12.2. The predicted molar refractivity (Wildman–Crippen MR) is 112 cm³/mol. The van der Waals surface area contributed by atoms with E-state index in [-0.39, 0.29) is 18.3 Å². The Bertz CT molecular complexity index is 926. The lowest BCUT2D eigenvalue weighted by Gasteiger charge is -2.07. The Morgan fingerprint density at radius 1 is 1.14 bits per heavy atom. The summed E-state index contributed by atoms with van der Waals surface area (Å²) in [6.45, 7) is 2.38. The number of thioether (sulfide) groups is 1. The summed E-state index contributed by atoms with van der Waals surface area (Å²) in [6, 6.07) is 15.0. The van der Waals surface area contributed by atoms with Crippen LogP contribution in [-0.4, -0.2) is 26.4 Å². The van der Waals surface area contributed by atoms with Gasteiger partial charge in [-0.3, -0.25) is 4.79 Å². The minimum atomic E-state index is -0.0868. The third-order valence-electron chi connectivity index (χ3n) is 4.08. The van der Waals surface area contributed by atoms with Gasteiger partial charge in [0.25, 0.3) is 0 Å². The summed E-state index contributed by atoms with van der Waals surface area (Å²) in [7, 11) is 1.85. The lowest BCUT2D eigenvalue weighted by molar-refractivity contribution is -0.113. The van der Waals surface area contributed by atoms with E-state index in [1.807, 2.05) is 35.9 Å². The Hall–Kier alpha value is -2.51. The van der Waals surface area contributed by atoms with Crippen molar-refractivity contribution >= 4 is 35.0 Å². The maximum atomic E-state index is 12.2. The number of nitrogens with zero attached hydrogens (tertiary/aromatic N) is 3. The maximum Gasteiger partial charge on any atom is 0.234 e. The molecule has 6 nitrogen and oxygen atoms in total. The van der Waals surface area contributed by atoms with E-state index in [0.29, 0.717) is 21.8 Å². The number of rotatable bonds is 8. The van der Waals surface area contributed by atoms with E-state index in [4.69, 9.17) is 16.3 Å². The first kappa shape index (κ1) is 20.2. The van der Waals surface area contributed by atoms with E-state index < -0.39 is 0 Å². The average molecular weight is 417 g/mol. The van der Waals surface area contributed by atoms with Crippen LogP contribution in [-0.2, 0) is 24.9 Å². The van der Waals surface area contributed by atoms with Gasteiger partial charge in [0.05, 0.1) is 5.75 Å². The van der Waals surface area contributed by atoms with Gasteiger partial charge in [-0.2, -0.15) is 0 Å². The summed E-state index contributed by atoms with van der Waals surface area (Å²) in [5.74, 6) is 1.54. The Labute approximate surface area is 173 Å². The van der Waals surface area contributed by atoms with Gasteiger partial charge in [0, 0.05) is 17.8 Å². The number of halogens is 1. The molecule has 0 aliphatic carbocycles. The number of nitrogens with one attached hydrogen (secondary N) is 1. The van der Waals surface area contributed by atoms with Gasteiger partial charge in [0.1, 0.15) is 12.4 Å². The van der Waals surface area contributed by atoms with Crippen molar-refractivity contribution < 1.29 is 9.53 Å². The van der Waals surface area contributed by atoms with E-state index in [9.17, 15) is 4.79 Å². The van der Waals surface area contributed by atoms with Crippen LogP contribution in [0, 0.1) is 0 Å². The van der Waals surface area contributed by atoms with Crippen molar-refractivity contribution in [1.82, 2.24) is 14.8 Å². The highest BCUT2D eigenvalue weighted by Gasteiger charge is 2.12. The number of hydrogen-bond acceptors (Lipinski definition) is 5. The third kappa shape index (κ3) is 5.50. The van der Waals surface area contributed by atoms with Crippen LogP contribution in [0.15, 0.2) is 53.7 Å². The molecule has 0 saturated heterocycles. The van der Waals surface area contributed by atoms with Crippen LogP contribution in [0.25, 0.3) is 0 Å². The molecular formula is C20H21ClN4O2S. The number of aromatic nitrogens is 3. The highest BCUT2D eigenvalue weighted by Crippen LogP contribution is 2.19. The molecule has 0 aliphatic rings. The predicted octanol–water partition coefficient (Wildman–Crippen LogP) is 4.34. The fourth-order valence-corrected chi connectivity index (χ4v) is 3.28. The lowest BCUT2D eigenvalue weighted by atomic mass is 10.1. The van der Waals surface area contributed by atoms with E-state index >= 15 is 0 Å². The molecule has 3 aromatic rings. The largest absolute Gasteiger partial charge is 0.486 e. The van der Waals surface area contributed by atoms with Crippen molar-refractivity contribution in [2.24, 2.45) is 7.05 Å². The maximum absolute atomic E-state index is 12.2. The zero-order valence-electron chi connectivity index (χ0n) is 15.7. The molecule has 146 valence electrons. The number of ether oxygens (including phenoxy) is 1. The van der Waals surface area contributed by atoms with E-state index in [0.717, 1.165) is 12.1 Å².